The van der Waals surface area contributed by atoms with Gasteiger partial charge < -0.3 is 44.6 Å². The minimum absolute atomic E-state index is 0.0762. The number of fused-ring (bicyclic) bond motifs is 3. The second-order valence-electron chi connectivity index (χ2n) is 14.1. The second kappa shape index (κ2) is 16.8. The number of aliphatic carboxylic acids is 1. The fraction of sp³-hybridized carbons (Fsp3) is 0.341. The number of hydrogen-bond acceptors (Lipinski definition) is 10. The molecule has 8 rings (SSSR count). The van der Waals surface area contributed by atoms with Gasteiger partial charge >= 0.3 is 12.1 Å². The molecule has 294 valence electrons. The monoisotopic (exact) mass is 804 g/mol. The molecule has 0 saturated carbocycles. The van der Waals surface area contributed by atoms with Crippen LogP contribution in [0.4, 0.5) is 4.79 Å². The average molecular weight is 806 g/mol. The Morgan fingerprint density at radius 3 is 2.34 bits per heavy atom. The summed E-state index contributed by atoms with van der Waals surface area (Å²) in [6.45, 7) is 2.58. The Labute approximate surface area is 334 Å². The van der Waals surface area contributed by atoms with E-state index in [1.807, 2.05) is 48.5 Å². The van der Waals surface area contributed by atoms with E-state index in [1.54, 1.807) is 24.3 Å². The molecule has 13 nitrogen and oxygen atoms in total. The highest BCUT2D eigenvalue weighted by molar-refractivity contribution is 6.35. The molecule has 3 aromatic carbocycles. The molecule has 2 bridgehead atoms. The van der Waals surface area contributed by atoms with Crippen LogP contribution in [0.3, 0.4) is 0 Å². The molecule has 0 spiro atoms. The van der Waals surface area contributed by atoms with E-state index in [-0.39, 0.29) is 34.9 Å². The first-order valence-electron chi connectivity index (χ1n) is 18.2. The van der Waals surface area contributed by atoms with Crippen molar-refractivity contribution in [2.45, 2.75) is 43.1 Å². The predicted octanol–water partition coefficient (Wildman–Crippen LogP) is 6.20. The van der Waals surface area contributed by atoms with Gasteiger partial charge in [-0.1, -0.05) is 71.7 Å². The normalized spacial score (nSPS) is 22.1. The van der Waals surface area contributed by atoms with E-state index < -0.39 is 29.7 Å². The van der Waals surface area contributed by atoms with Gasteiger partial charge in [0.2, 0.25) is 5.72 Å². The summed E-state index contributed by atoms with van der Waals surface area (Å²) in [5.41, 5.74) is 0.864. The maximum Gasteiger partial charge on any atom is 0.408 e. The number of carboxylic acid groups (broad SMARTS) is 1. The van der Waals surface area contributed by atoms with Crippen molar-refractivity contribution >= 4 is 35.3 Å². The van der Waals surface area contributed by atoms with Crippen LogP contribution < -0.4 is 29.6 Å². The molecule has 1 unspecified atom stereocenters. The van der Waals surface area contributed by atoms with Crippen LogP contribution in [0.25, 0.3) is 0 Å². The third-order valence-corrected chi connectivity index (χ3v) is 11.3. The smallest absolute Gasteiger partial charge is 0.408 e. The number of aromatic nitrogens is 1. The molecular weight excluding hydrogens is 763 g/mol. The van der Waals surface area contributed by atoms with Gasteiger partial charge in [0, 0.05) is 12.1 Å². The molecule has 5 heterocycles. The molecule has 15 heteroatoms. The molecule has 4 atom stereocenters. The zero-order valence-electron chi connectivity index (χ0n) is 30.8. The van der Waals surface area contributed by atoms with Gasteiger partial charge in [-0.15, -0.1) is 0 Å². The molecule has 1 amide bonds. The van der Waals surface area contributed by atoms with Crippen LogP contribution >= 0.6 is 23.2 Å². The molecule has 56 heavy (non-hydrogen) atoms. The number of carboxylic acids is 1. The van der Waals surface area contributed by atoms with Crippen LogP contribution in [-0.4, -0.2) is 74.4 Å². The highest BCUT2D eigenvalue weighted by Crippen LogP contribution is 2.42. The van der Waals surface area contributed by atoms with E-state index in [0.717, 1.165) is 49.9 Å². The third kappa shape index (κ3) is 8.40. The number of amides is 1. The maximum atomic E-state index is 13.5. The quantitative estimate of drug-likeness (QED) is 0.0986. The van der Waals surface area contributed by atoms with E-state index in [2.05, 4.69) is 15.5 Å². The third-order valence-electron chi connectivity index (χ3n) is 10.7. The molecule has 0 radical (unpaired) electrons. The number of hydrogen-bond donors (Lipinski definition) is 3. The van der Waals surface area contributed by atoms with Gasteiger partial charge in [0.1, 0.15) is 34.8 Å². The van der Waals surface area contributed by atoms with Crippen LogP contribution in [-0.2, 0) is 20.7 Å². The van der Waals surface area contributed by atoms with E-state index in [0.29, 0.717) is 39.0 Å². The summed E-state index contributed by atoms with van der Waals surface area (Å²) in [6, 6.07) is 21.5. The number of alkyl carbamates (subject to hydrolysis) is 1. The SMILES string of the molecule is COc1ccc([C@H](Cc2c(Cl)c[n+]([O-])cc2Cl)C2(COc3cccc([C@@H](NC(=O)O[C@H]4CN5CCC4CC5)c4ccccc4)c3)NC(C(=O)O)=CO2)cc1OC. The first kappa shape index (κ1) is 38.9. The zero-order chi connectivity index (χ0) is 39.4. The van der Waals surface area contributed by atoms with Gasteiger partial charge in [0.05, 0.1) is 26.2 Å². The van der Waals surface area contributed by atoms with Crippen LogP contribution in [0.1, 0.15) is 47.1 Å². The number of piperidine rings is 3. The summed E-state index contributed by atoms with van der Waals surface area (Å²) < 4.78 is 30.4. The number of nitrogens with zero attached hydrogens (tertiary/aromatic N) is 2. The Morgan fingerprint density at radius 1 is 0.982 bits per heavy atom. The van der Waals surface area contributed by atoms with Gasteiger partial charge in [0.15, 0.2) is 29.6 Å². The number of carbonyl (C=O) groups excluding carboxylic acids is 1. The molecule has 3 saturated heterocycles. The van der Waals surface area contributed by atoms with Crippen molar-refractivity contribution in [1.29, 1.82) is 0 Å². The summed E-state index contributed by atoms with van der Waals surface area (Å²) in [5, 5.41) is 28.6. The fourth-order valence-corrected chi connectivity index (χ4v) is 8.36. The molecule has 4 aliphatic heterocycles. The molecule has 3 fully saturated rings. The summed E-state index contributed by atoms with van der Waals surface area (Å²) >= 11 is 13.2. The van der Waals surface area contributed by atoms with E-state index >= 15 is 0 Å². The number of benzene rings is 3. The molecular formula is C41H42Cl2N4O9. The van der Waals surface area contributed by atoms with Crippen LogP contribution in [0.15, 0.2) is 97.1 Å². The van der Waals surface area contributed by atoms with Crippen molar-refractivity contribution in [3.05, 3.63) is 135 Å². The molecule has 4 aliphatic rings. The Kier molecular flexibility index (Phi) is 11.7. The van der Waals surface area contributed by atoms with Crippen molar-refractivity contribution in [1.82, 2.24) is 15.5 Å². The minimum Gasteiger partial charge on any atom is -0.619 e. The molecule has 1 aromatic heterocycles. The number of nitrogens with one attached hydrogen (secondary N) is 2. The first-order valence-corrected chi connectivity index (χ1v) is 19.0. The predicted molar refractivity (Wildman–Crippen MR) is 207 cm³/mol. The fourth-order valence-electron chi connectivity index (χ4n) is 7.76. The Balaban J connectivity index is 1.20. The minimum atomic E-state index is -1.56. The first-order chi connectivity index (χ1) is 27.1. The van der Waals surface area contributed by atoms with Gasteiger partial charge in [-0.2, -0.15) is 4.73 Å². The topological polar surface area (TPSA) is 155 Å². The number of carbonyl (C=O) groups is 2. The lowest BCUT2D eigenvalue weighted by Crippen LogP contribution is -2.53. The van der Waals surface area contributed by atoms with Crippen LogP contribution in [0, 0.1) is 11.1 Å². The Morgan fingerprint density at radius 2 is 1.70 bits per heavy atom. The molecule has 0 aliphatic carbocycles. The zero-order valence-corrected chi connectivity index (χ0v) is 32.3. The van der Waals surface area contributed by atoms with Gasteiger partial charge in [-0.25, -0.2) is 9.59 Å². The second-order valence-corrected chi connectivity index (χ2v) is 14.9. The average Bonchev–Trinajstić information content (AvgIpc) is 3.65. The number of ether oxygens (including phenoxy) is 5. The number of rotatable bonds is 14. The van der Waals surface area contributed by atoms with E-state index in [4.69, 9.17) is 46.9 Å². The van der Waals surface area contributed by atoms with Gasteiger partial charge in [-0.05, 0) is 79.2 Å². The largest absolute Gasteiger partial charge is 0.619 e. The molecule has 4 aromatic rings. The number of methoxy groups -OCH3 is 2. The highest BCUT2D eigenvalue weighted by atomic mass is 35.5. The Hall–Kier alpha value is -5.37. The van der Waals surface area contributed by atoms with Crippen molar-refractivity contribution in [2.24, 2.45) is 5.92 Å². The number of halogens is 2. The van der Waals surface area contributed by atoms with Gasteiger partial charge in [-0.3, -0.25) is 4.90 Å². The lowest BCUT2D eigenvalue weighted by Gasteiger charge is -2.43. The lowest BCUT2D eigenvalue weighted by atomic mass is 9.83. The van der Waals surface area contributed by atoms with E-state index in [9.17, 15) is 19.9 Å². The van der Waals surface area contributed by atoms with Crippen molar-refractivity contribution in [3.63, 3.8) is 0 Å². The van der Waals surface area contributed by atoms with Crippen LogP contribution in [0.5, 0.6) is 17.2 Å². The van der Waals surface area contributed by atoms with Crippen LogP contribution in [0.2, 0.25) is 10.0 Å². The lowest BCUT2D eigenvalue weighted by molar-refractivity contribution is -0.605. The number of pyridine rings is 1. The Bertz CT molecular complexity index is 2070. The highest BCUT2D eigenvalue weighted by Gasteiger charge is 2.48. The van der Waals surface area contributed by atoms with Crippen molar-refractivity contribution in [2.75, 3.05) is 40.5 Å². The van der Waals surface area contributed by atoms with E-state index in [1.165, 1.54) is 26.6 Å². The van der Waals surface area contributed by atoms with Crippen molar-refractivity contribution in [3.8, 4) is 17.2 Å². The van der Waals surface area contributed by atoms with Crippen molar-refractivity contribution < 1.29 is 43.1 Å². The summed E-state index contributed by atoms with van der Waals surface area (Å²) in [5.74, 6) is -0.344. The van der Waals surface area contributed by atoms with Gasteiger partial charge in [0.25, 0.3) is 0 Å². The summed E-state index contributed by atoms with van der Waals surface area (Å²) in [6.07, 6.45) is 4.95. The summed E-state index contributed by atoms with van der Waals surface area (Å²) in [7, 11) is 3.02. The standard InChI is InChI=1S/C41H42Cl2N4O9/c1-52-35-12-11-27(18-36(35)53-2)31(19-30-32(42)20-47(51)21-33(30)43)41(45-34(23-55-41)39(48)49)24-54-29-10-6-9-28(17-29)38(26-7-4-3-5-8-26)44-40(50)56-37-22-46-15-13-25(37)14-16-46/h3-12,17-18,20-21,23,25,31,37-38,45H,13-16,19,22,24H2,1-2H3,(H,44,50)(H,48,49)/t31-,37-,38-,41?/m0/s1. The molecule has 3 N–H and O–H groups in total. The summed E-state index contributed by atoms with van der Waals surface area (Å²) in [4.78, 5) is 28.1. The maximum absolute atomic E-state index is 13.5.